The van der Waals surface area contributed by atoms with Crippen LogP contribution in [0, 0.1) is 6.92 Å². The van der Waals surface area contributed by atoms with Crippen LogP contribution in [0.15, 0.2) is 36.5 Å². The van der Waals surface area contributed by atoms with E-state index in [1.807, 2.05) is 31.2 Å². The number of hydrogen-bond acceptors (Lipinski definition) is 4. The lowest BCUT2D eigenvalue weighted by Gasteiger charge is -2.05. The van der Waals surface area contributed by atoms with E-state index in [0.29, 0.717) is 11.4 Å². The van der Waals surface area contributed by atoms with Crippen molar-refractivity contribution in [1.29, 1.82) is 0 Å². The molecule has 0 N–H and O–H groups in total. The molecule has 0 radical (unpaired) electrons. The first-order chi connectivity index (χ1) is 8.79. The molecule has 0 aliphatic carbocycles. The quantitative estimate of drug-likeness (QED) is 0.640. The van der Waals surface area contributed by atoms with Gasteiger partial charge in [0.2, 0.25) is 0 Å². The fourth-order valence-corrected chi connectivity index (χ4v) is 1.90. The van der Waals surface area contributed by atoms with E-state index in [0.717, 1.165) is 22.9 Å². The largest absolute Gasteiger partial charge is 0.298 e. The van der Waals surface area contributed by atoms with Gasteiger partial charge in [0.05, 0.1) is 5.52 Å². The highest BCUT2D eigenvalue weighted by molar-refractivity contribution is 5.77. The third kappa shape index (κ3) is 1.57. The number of aryl methyl sites for hydroxylation is 1. The zero-order chi connectivity index (χ0) is 12.5. The summed E-state index contributed by atoms with van der Waals surface area (Å²) in [6.07, 6.45) is 2.31. The number of para-hydroxylation sites is 1. The molecule has 0 aliphatic heterocycles. The second-order valence-electron chi connectivity index (χ2n) is 4.02. The van der Waals surface area contributed by atoms with Gasteiger partial charge in [0.15, 0.2) is 12.1 Å². The summed E-state index contributed by atoms with van der Waals surface area (Å²) in [6, 6.07) is 9.46. The molecule has 0 saturated carbocycles. The SMILES string of the molecule is Cc1cc(C=O)cnc1-n1nnc2ccccc21. The number of aldehydes is 1. The van der Waals surface area contributed by atoms with Gasteiger partial charge in [0.25, 0.3) is 0 Å². The Bertz CT molecular complexity index is 733. The highest BCUT2D eigenvalue weighted by atomic mass is 16.1. The third-order valence-electron chi connectivity index (χ3n) is 2.76. The summed E-state index contributed by atoms with van der Waals surface area (Å²) in [5, 5.41) is 8.18. The number of carbonyl (C=O) groups is 1. The maximum atomic E-state index is 10.7. The molecule has 5 nitrogen and oxygen atoms in total. The van der Waals surface area contributed by atoms with Crippen molar-refractivity contribution >= 4 is 17.3 Å². The number of hydrogen-bond donors (Lipinski definition) is 0. The fourth-order valence-electron chi connectivity index (χ4n) is 1.90. The summed E-state index contributed by atoms with van der Waals surface area (Å²) >= 11 is 0. The Morgan fingerprint density at radius 1 is 1.28 bits per heavy atom. The molecule has 1 aromatic carbocycles. The van der Waals surface area contributed by atoms with Crippen molar-refractivity contribution in [2.75, 3.05) is 0 Å². The van der Waals surface area contributed by atoms with Crippen LogP contribution in [-0.2, 0) is 0 Å². The molecule has 0 unspecified atom stereocenters. The second kappa shape index (κ2) is 4.03. The summed E-state index contributed by atoms with van der Waals surface area (Å²) in [7, 11) is 0. The van der Waals surface area contributed by atoms with Gasteiger partial charge in [-0.1, -0.05) is 17.3 Å². The van der Waals surface area contributed by atoms with Crippen molar-refractivity contribution in [2.45, 2.75) is 6.92 Å². The van der Waals surface area contributed by atoms with Crippen LogP contribution in [0.3, 0.4) is 0 Å². The molecular weight excluding hydrogens is 228 g/mol. The van der Waals surface area contributed by atoms with Crippen LogP contribution in [0.2, 0.25) is 0 Å². The Morgan fingerprint density at radius 2 is 2.11 bits per heavy atom. The predicted octanol–water partition coefficient (Wildman–Crippen LogP) is 1.94. The molecule has 18 heavy (non-hydrogen) atoms. The Hall–Kier alpha value is -2.56. The van der Waals surface area contributed by atoms with E-state index in [9.17, 15) is 4.79 Å². The molecule has 2 heterocycles. The van der Waals surface area contributed by atoms with Gasteiger partial charge in [-0.25, -0.2) is 4.98 Å². The maximum Gasteiger partial charge on any atom is 0.158 e. The number of carbonyl (C=O) groups excluding carboxylic acids is 1. The van der Waals surface area contributed by atoms with Crippen LogP contribution in [0.1, 0.15) is 15.9 Å². The van der Waals surface area contributed by atoms with Gasteiger partial charge in [0.1, 0.15) is 5.52 Å². The highest BCUT2D eigenvalue weighted by Crippen LogP contribution is 2.17. The zero-order valence-corrected chi connectivity index (χ0v) is 9.74. The van der Waals surface area contributed by atoms with Gasteiger partial charge < -0.3 is 0 Å². The van der Waals surface area contributed by atoms with Crippen LogP contribution in [0.5, 0.6) is 0 Å². The summed E-state index contributed by atoms with van der Waals surface area (Å²) in [6.45, 7) is 1.89. The van der Waals surface area contributed by atoms with Gasteiger partial charge in [-0.3, -0.25) is 4.79 Å². The number of rotatable bonds is 2. The molecule has 2 aromatic heterocycles. The molecule has 5 heteroatoms. The monoisotopic (exact) mass is 238 g/mol. The van der Waals surface area contributed by atoms with Gasteiger partial charge >= 0.3 is 0 Å². The Labute approximate surface area is 103 Å². The van der Waals surface area contributed by atoms with Crippen molar-refractivity contribution < 1.29 is 4.79 Å². The molecule has 88 valence electrons. The first-order valence-electron chi connectivity index (χ1n) is 5.52. The maximum absolute atomic E-state index is 10.7. The second-order valence-corrected chi connectivity index (χ2v) is 4.02. The molecule has 3 aromatic rings. The topological polar surface area (TPSA) is 60.7 Å². The first-order valence-corrected chi connectivity index (χ1v) is 5.52. The lowest BCUT2D eigenvalue weighted by Crippen LogP contribution is -2.03. The average molecular weight is 238 g/mol. The average Bonchev–Trinajstić information content (AvgIpc) is 2.82. The normalized spacial score (nSPS) is 10.7. The molecule has 0 spiro atoms. The van der Waals surface area contributed by atoms with Crippen LogP contribution < -0.4 is 0 Å². The molecular formula is C13H10N4O. The van der Waals surface area contributed by atoms with Gasteiger partial charge in [-0.2, -0.15) is 4.68 Å². The molecule has 0 fully saturated rings. The van der Waals surface area contributed by atoms with Crippen LogP contribution in [-0.4, -0.2) is 26.3 Å². The van der Waals surface area contributed by atoms with E-state index in [-0.39, 0.29) is 0 Å². The van der Waals surface area contributed by atoms with Gasteiger partial charge in [-0.05, 0) is 30.7 Å². The standard InChI is InChI=1S/C13H10N4O/c1-9-6-10(8-18)7-14-13(9)17-12-5-3-2-4-11(12)15-16-17/h2-8H,1H3. The number of benzene rings is 1. The third-order valence-corrected chi connectivity index (χ3v) is 2.76. The van der Waals surface area contributed by atoms with Crippen LogP contribution in [0.25, 0.3) is 16.9 Å². The summed E-state index contributed by atoms with van der Waals surface area (Å²) in [4.78, 5) is 15.0. The van der Waals surface area contributed by atoms with Gasteiger partial charge in [0, 0.05) is 11.8 Å². The van der Waals surface area contributed by atoms with Crippen molar-refractivity contribution in [2.24, 2.45) is 0 Å². The van der Waals surface area contributed by atoms with Crippen molar-refractivity contribution in [3.63, 3.8) is 0 Å². The van der Waals surface area contributed by atoms with E-state index < -0.39 is 0 Å². The molecule has 0 aliphatic rings. The Balaban J connectivity index is 2.23. The Morgan fingerprint density at radius 3 is 2.89 bits per heavy atom. The molecule has 0 amide bonds. The van der Waals surface area contributed by atoms with Gasteiger partial charge in [-0.15, -0.1) is 5.10 Å². The highest BCUT2D eigenvalue weighted by Gasteiger charge is 2.09. The number of pyridine rings is 1. The number of nitrogens with zero attached hydrogens (tertiary/aromatic N) is 4. The minimum atomic E-state index is 0.556. The molecule has 0 saturated heterocycles. The van der Waals surface area contributed by atoms with E-state index in [1.165, 1.54) is 6.20 Å². The van der Waals surface area contributed by atoms with Crippen molar-refractivity contribution in [3.8, 4) is 5.82 Å². The first kappa shape index (κ1) is 10.6. The fraction of sp³-hybridized carbons (Fsp3) is 0.0769. The van der Waals surface area contributed by atoms with E-state index in [4.69, 9.17) is 0 Å². The lowest BCUT2D eigenvalue weighted by atomic mass is 10.2. The van der Waals surface area contributed by atoms with E-state index in [1.54, 1.807) is 10.7 Å². The van der Waals surface area contributed by atoms with E-state index >= 15 is 0 Å². The zero-order valence-electron chi connectivity index (χ0n) is 9.74. The number of aromatic nitrogens is 4. The molecule has 3 rings (SSSR count). The minimum absolute atomic E-state index is 0.556. The summed E-state index contributed by atoms with van der Waals surface area (Å²) in [5.74, 6) is 0.689. The summed E-state index contributed by atoms with van der Waals surface area (Å²) in [5.41, 5.74) is 3.15. The van der Waals surface area contributed by atoms with E-state index in [2.05, 4.69) is 15.3 Å². The number of fused-ring (bicyclic) bond motifs is 1. The minimum Gasteiger partial charge on any atom is -0.298 e. The molecule has 0 atom stereocenters. The molecule has 0 bridgehead atoms. The van der Waals surface area contributed by atoms with Crippen molar-refractivity contribution in [1.82, 2.24) is 20.0 Å². The Kier molecular flexibility index (Phi) is 2.37. The lowest BCUT2D eigenvalue weighted by molar-refractivity contribution is 0.112. The van der Waals surface area contributed by atoms with Crippen molar-refractivity contribution in [3.05, 3.63) is 47.7 Å². The van der Waals surface area contributed by atoms with Crippen LogP contribution >= 0.6 is 0 Å². The summed E-state index contributed by atoms with van der Waals surface area (Å²) < 4.78 is 1.68. The van der Waals surface area contributed by atoms with Crippen LogP contribution in [0.4, 0.5) is 0 Å². The predicted molar refractivity (Wildman–Crippen MR) is 66.8 cm³/mol. The smallest absolute Gasteiger partial charge is 0.158 e.